The van der Waals surface area contributed by atoms with Gasteiger partial charge >= 0.3 is 5.97 Å². The lowest BCUT2D eigenvalue weighted by Crippen LogP contribution is -2.25. The highest BCUT2D eigenvalue weighted by Gasteiger charge is 2.67. The van der Waals surface area contributed by atoms with Crippen molar-refractivity contribution in [2.24, 2.45) is 17.3 Å². The van der Waals surface area contributed by atoms with Crippen LogP contribution >= 0.6 is 0 Å². The van der Waals surface area contributed by atoms with Gasteiger partial charge in [-0.2, -0.15) is 8.42 Å². The van der Waals surface area contributed by atoms with Gasteiger partial charge in [-0.1, -0.05) is 20.8 Å². The second kappa shape index (κ2) is 4.55. The normalized spacial score (nSPS) is 28.5. The molecule has 0 heterocycles. The van der Waals surface area contributed by atoms with Gasteiger partial charge in [-0.15, -0.1) is 0 Å². The van der Waals surface area contributed by atoms with E-state index in [1.54, 1.807) is 13.8 Å². The van der Waals surface area contributed by atoms with Crippen molar-refractivity contribution in [3.8, 4) is 0 Å². The first-order valence-electron chi connectivity index (χ1n) is 5.45. The number of hydrogen-bond donors (Lipinski definition) is 2. The fourth-order valence-corrected chi connectivity index (χ4v) is 3.02. The van der Waals surface area contributed by atoms with Gasteiger partial charge in [0.25, 0.3) is 10.1 Å². The van der Waals surface area contributed by atoms with Crippen LogP contribution in [0, 0.1) is 17.3 Å². The Morgan fingerprint density at radius 1 is 1.47 bits per heavy atom. The molecule has 6 nitrogen and oxygen atoms in total. The van der Waals surface area contributed by atoms with Crippen molar-refractivity contribution in [1.82, 2.24) is 0 Å². The van der Waals surface area contributed by atoms with E-state index in [9.17, 15) is 18.3 Å². The maximum absolute atomic E-state index is 11.6. The molecule has 100 valence electrons. The highest BCUT2D eigenvalue weighted by atomic mass is 32.2. The molecule has 0 aromatic rings. The molecule has 1 aliphatic rings. The molecule has 2 N–H and O–H groups in total. The first-order valence-corrected chi connectivity index (χ1v) is 6.95. The van der Waals surface area contributed by atoms with Gasteiger partial charge in [0.05, 0.1) is 12.5 Å². The van der Waals surface area contributed by atoms with E-state index in [-0.39, 0.29) is 6.61 Å². The van der Waals surface area contributed by atoms with E-state index in [4.69, 9.17) is 9.29 Å². The topological polar surface area (TPSA) is 101 Å². The summed E-state index contributed by atoms with van der Waals surface area (Å²) in [6.45, 7) is 5.42. The third-order valence-electron chi connectivity index (χ3n) is 3.23. The number of esters is 1. The van der Waals surface area contributed by atoms with E-state index in [0.717, 1.165) is 0 Å². The molecular weight excluding hydrogens is 248 g/mol. The third-order valence-corrected chi connectivity index (χ3v) is 4.13. The number of ether oxygens (including phenoxy) is 1. The molecule has 1 unspecified atom stereocenters. The molecule has 0 aliphatic heterocycles. The van der Waals surface area contributed by atoms with Crippen molar-refractivity contribution in [1.29, 1.82) is 0 Å². The molecule has 0 aromatic carbocycles. The predicted octanol–water partition coefficient (Wildman–Crippen LogP) is 0.418. The summed E-state index contributed by atoms with van der Waals surface area (Å²) in [6.07, 6.45) is 0.671. The number of carbonyl (C=O) groups is 1. The molecule has 0 saturated heterocycles. The molecule has 7 heteroatoms. The van der Waals surface area contributed by atoms with Crippen LogP contribution in [-0.2, 0) is 19.6 Å². The lowest BCUT2D eigenvalue weighted by atomic mass is 10.1. The van der Waals surface area contributed by atoms with Crippen molar-refractivity contribution in [2.45, 2.75) is 32.6 Å². The summed E-state index contributed by atoms with van der Waals surface area (Å²) in [7, 11) is -4.55. The first kappa shape index (κ1) is 14.4. The Labute approximate surface area is 101 Å². The van der Waals surface area contributed by atoms with E-state index in [0.29, 0.717) is 6.42 Å². The van der Waals surface area contributed by atoms with Crippen LogP contribution < -0.4 is 0 Å². The molecule has 0 amide bonds. The van der Waals surface area contributed by atoms with E-state index >= 15 is 0 Å². The molecule has 0 spiro atoms. The number of hydrogen-bond acceptors (Lipinski definition) is 5. The van der Waals surface area contributed by atoms with Crippen LogP contribution in [0.5, 0.6) is 0 Å². The average Bonchev–Trinajstić information content (AvgIpc) is 2.75. The minimum absolute atomic E-state index is 0.264. The highest BCUT2D eigenvalue weighted by Crippen LogP contribution is 2.61. The van der Waals surface area contributed by atoms with Crippen LogP contribution in [0.4, 0.5) is 0 Å². The zero-order valence-electron chi connectivity index (χ0n) is 10.1. The van der Waals surface area contributed by atoms with Gasteiger partial charge in [0.1, 0.15) is 0 Å². The van der Waals surface area contributed by atoms with Gasteiger partial charge in [-0.25, -0.2) is 0 Å². The first-order chi connectivity index (χ1) is 7.64. The quantitative estimate of drug-likeness (QED) is 0.552. The largest absolute Gasteiger partial charge is 0.465 e. The predicted molar refractivity (Wildman–Crippen MR) is 59.6 cm³/mol. The van der Waals surface area contributed by atoms with Crippen molar-refractivity contribution in [3.05, 3.63) is 0 Å². The summed E-state index contributed by atoms with van der Waals surface area (Å²) in [5.74, 6) is -2.03. The zero-order valence-corrected chi connectivity index (χ0v) is 10.9. The van der Waals surface area contributed by atoms with Crippen LogP contribution in [0.25, 0.3) is 0 Å². The molecule has 0 bridgehead atoms. The Hall–Kier alpha value is -0.660. The van der Waals surface area contributed by atoms with Gasteiger partial charge in [-0.3, -0.25) is 9.35 Å². The van der Waals surface area contributed by atoms with Crippen LogP contribution in [0.1, 0.15) is 27.2 Å². The molecule has 1 fully saturated rings. The smallest absolute Gasteiger partial charge is 0.309 e. The Bertz CT molecular complexity index is 399. The molecular formula is C10H18O6S. The fourth-order valence-electron chi connectivity index (χ4n) is 2.14. The Morgan fingerprint density at radius 3 is 2.41 bits per heavy atom. The average molecular weight is 266 g/mol. The van der Waals surface area contributed by atoms with Crippen LogP contribution in [-0.4, -0.2) is 36.1 Å². The number of aliphatic hydroxyl groups is 1. The molecule has 1 rings (SSSR count). The molecule has 0 aromatic heterocycles. The third kappa shape index (κ3) is 2.78. The lowest BCUT2D eigenvalue weighted by Gasteiger charge is -2.07. The van der Waals surface area contributed by atoms with E-state index in [2.05, 4.69) is 0 Å². The van der Waals surface area contributed by atoms with Crippen LogP contribution in [0.2, 0.25) is 0 Å². The molecule has 17 heavy (non-hydrogen) atoms. The van der Waals surface area contributed by atoms with Crippen LogP contribution in [0.3, 0.4) is 0 Å². The van der Waals surface area contributed by atoms with Crippen molar-refractivity contribution >= 4 is 16.1 Å². The lowest BCUT2D eigenvalue weighted by molar-refractivity contribution is -0.146. The van der Waals surface area contributed by atoms with Gasteiger partial charge < -0.3 is 9.84 Å². The Balaban J connectivity index is 2.75. The monoisotopic (exact) mass is 266 g/mol. The SMILES string of the molecule is CCCOC(=O)[C@H]1[C@H](C(O)S(=O)(=O)O)C1(C)C. The Kier molecular flexibility index (Phi) is 3.85. The number of carbonyl (C=O) groups excluding carboxylic acids is 1. The second-order valence-electron chi connectivity index (χ2n) is 4.90. The van der Waals surface area contributed by atoms with E-state index in [1.165, 1.54) is 0 Å². The van der Waals surface area contributed by atoms with Crippen molar-refractivity contribution < 1.29 is 27.6 Å². The van der Waals surface area contributed by atoms with E-state index in [1.807, 2.05) is 6.92 Å². The van der Waals surface area contributed by atoms with Gasteiger partial charge in [0, 0.05) is 5.92 Å². The maximum atomic E-state index is 11.6. The van der Waals surface area contributed by atoms with E-state index < -0.39 is 38.8 Å². The Morgan fingerprint density at radius 2 is 2.00 bits per heavy atom. The number of aliphatic hydroxyl groups excluding tert-OH is 1. The summed E-state index contributed by atoms with van der Waals surface area (Å²) in [5, 5.41) is 9.46. The van der Waals surface area contributed by atoms with Crippen molar-refractivity contribution in [3.63, 3.8) is 0 Å². The van der Waals surface area contributed by atoms with Crippen molar-refractivity contribution in [2.75, 3.05) is 6.61 Å². The highest BCUT2D eigenvalue weighted by molar-refractivity contribution is 7.86. The summed E-state index contributed by atoms with van der Waals surface area (Å²) in [4.78, 5) is 11.6. The van der Waals surface area contributed by atoms with Gasteiger partial charge in [0.15, 0.2) is 5.44 Å². The molecule has 1 saturated carbocycles. The zero-order chi connectivity index (χ0) is 13.4. The maximum Gasteiger partial charge on any atom is 0.309 e. The number of rotatable bonds is 5. The van der Waals surface area contributed by atoms with Gasteiger partial charge in [-0.05, 0) is 11.8 Å². The molecule has 3 atom stereocenters. The summed E-state index contributed by atoms with van der Waals surface area (Å²) < 4.78 is 35.4. The minimum Gasteiger partial charge on any atom is -0.465 e. The molecule has 1 aliphatic carbocycles. The van der Waals surface area contributed by atoms with Crippen LogP contribution in [0.15, 0.2) is 0 Å². The summed E-state index contributed by atoms with van der Waals surface area (Å²) in [6, 6.07) is 0. The summed E-state index contributed by atoms with van der Waals surface area (Å²) in [5.41, 5.74) is -2.61. The minimum atomic E-state index is -4.55. The standard InChI is InChI=1S/C10H18O6S/c1-4-5-16-8(11)6-7(10(6,2)3)9(12)17(13,14)15/h6-7,9,12H,4-5H2,1-3H3,(H,13,14,15)/t6-,7-,9?/m1/s1. The fraction of sp³-hybridized carbons (Fsp3) is 0.900. The summed E-state index contributed by atoms with van der Waals surface area (Å²) >= 11 is 0. The van der Waals surface area contributed by atoms with Gasteiger partial charge in [0.2, 0.25) is 0 Å². The molecule has 0 radical (unpaired) electrons. The second-order valence-corrected chi connectivity index (χ2v) is 6.41.